The van der Waals surface area contributed by atoms with Crippen LogP contribution in [0.15, 0.2) is 215 Å². The van der Waals surface area contributed by atoms with Crippen LogP contribution in [0.25, 0.3) is 117 Å². The van der Waals surface area contributed by atoms with Gasteiger partial charge in [0.15, 0.2) is 0 Å². The van der Waals surface area contributed by atoms with E-state index in [2.05, 4.69) is 244 Å². The number of fused-ring (bicyclic) bond motifs is 19. The highest BCUT2D eigenvalue weighted by Gasteiger charge is 2.23. The number of hydrogen-bond donors (Lipinski definition) is 0. The van der Waals surface area contributed by atoms with Crippen molar-refractivity contribution in [3.8, 4) is 0 Å². The van der Waals surface area contributed by atoms with Gasteiger partial charge in [-0.2, -0.15) is 0 Å². The summed E-state index contributed by atoms with van der Waals surface area (Å²) in [5.41, 5.74) is 14.8. The lowest BCUT2D eigenvalue weighted by atomic mass is 9.99. The molecule has 16 aromatic rings. The van der Waals surface area contributed by atoms with Gasteiger partial charge in [0.05, 0.1) is 0 Å². The summed E-state index contributed by atoms with van der Waals surface area (Å²) in [6.45, 7) is 8.71. The third-order valence-corrected chi connectivity index (χ3v) is 17.9. The minimum Gasteiger partial charge on any atom is -0.456 e. The Bertz CT molecular complexity index is 4780. The van der Waals surface area contributed by atoms with Crippen LogP contribution in [0.1, 0.15) is 22.3 Å². The smallest absolute Gasteiger partial charge is 0.137 e. The van der Waals surface area contributed by atoms with Gasteiger partial charge in [-0.3, -0.25) is 0 Å². The van der Waals surface area contributed by atoms with Crippen LogP contribution in [0.4, 0.5) is 34.1 Å². The minimum absolute atomic E-state index is 0.847. The van der Waals surface area contributed by atoms with Crippen LogP contribution in [-0.4, -0.2) is 0 Å². The van der Waals surface area contributed by atoms with E-state index in [4.69, 9.17) is 8.83 Å². The van der Waals surface area contributed by atoms with Crippen molar-refractivity contribution in [2.75, 3.05) is 9.80 Å². The third kappa shape index (κ3) is 6.60. The van der Waals surface area contributed by atoms with Crippen LogP contribution in [-0.2, 0) is 0 Å². The maximum atomic E-state index is 6.86. The molecule has 0 saturated carbocycles. The van der Waals surface area contributed by atoms with Crippen molar-refractivity contribution in [2.45, 2.75) is 27.7 Å². The minimum atomic E-state index is 0.847. The van der Waals surface area contributed by atoms with E-state index in [1.165, 1.54) is 84.1 Å². The van der Waals surface area contributed by atoms with Crippen LogP contribution in [0.2, 0.25) is 0 Å². The lowest BCUT2D eigenvalue weighted by Gasteiger charge is -2.26. The Morgan fingerprint density at radius 2 is 0.645 bits per heavy atom. The first kappa shape index (κ1) is 43.5. The molecule has 4 heterocycles. The average Bonchev–Trinajstić information content (AvgIpc) is 4.31. The molecule has 6 heteroatoms. The summed E-state index contributed by atoms with van der Waals surface area (Å²) in [7, 11) is 0. The summed E-state index contributed by atoms with van der Waals surface area (Å²) in [6.07, 6.45) is 0. The molecule has 0 aliphatic heterocycles. The number of thiophene rings is 2. The van der Waals surface area contributed by atoms with Crippen molar-refractivity contribution in [3.05, 3.63) is 229 Å². The van der Waals surface area contributed by atoms with Crippen molar-refractivity contribution in [3.63, 3.8) is 0 Å². The molecular formula is C70H46N2O2S2. The van der Waals surface area contributed by atoms with Gasteiger partial charge in [0.2, 0.25) is 0 Å². The van der Waals surface area contributed by atoms with E-state index >= 15 is 0 Å². The van der Waals surface area contributed by atoms with Gasteiger partial charge in [-0.1, -0.05) is 84.9 Å². The summed E-state index contributed by atoms with van der Waals surface area (Å²) in [4.78, 5) is 4.76. The van der Waals surface area contributed by atoms with E-state index in [0.717, 1.165) is 88.8 Å². The fraction of sp³-hybridized carbons (Fsp3) is 0.0571. The largest absolute Gasteiger partial charge is 0.456 e. The second-order valence-corrected chi connectivity index (χ2v) is 23.0. The van der Waals surface area contributed by atoms with Crippen LogP contribution >= 0.6 is 22.7 Å². The summed E-state index contributed by atoms with van der Waals surface area (Å²) >= 11 is 3.72. The predicted molar refractivity (Wildman–Crippen MR) is 328 cm³/mol. The molecule has 0 radical (unpaired) electrons. The molecule has 4 aromatic heterocycles. The average molecular weight is 1010 g/mol. The topological polar surface area (TPSA) is 32.8 Å². The molecule has 4 nitrogen and oxygen atoms in total. The van der Waals surface area contributed by atoms with E-state index in [9.17, 15) is 0 Å². The van der Waals surface area contributed by atoms with E-state index in [-0.39, 0.29) is 0 Å². The molecule has 0 saturated heterocycles. The van der Waals surface area contributed by atoms with Gasteiger partial charge in [-0.25, -0.2) is 0 Å². The Kier molecular flexibility index (Phi) is 9.31. The highest BCUT2D eigenvalue weighted by Crippen LogP contribution is 2.48. The summed E-state index contributed by atoms with van der Waals surface area (Å²) in [5, 5.41) is 17.0. The van der Waals surface area contributed by atoms with Crippen molar-refractivity contribution < 1.29 is 8.83 Å². The second-order valence-electron chi connectivity index (χ2n) is 20.8. The summed E-state index contributed by atoms with van der Waals surface area (Å²) in [6, 6.07) is 76.1. The van der Waals surface area contributed by atoms with Gasteiger partial charge in [0.1, 0.15) is 22.3 Å². The molecule has 0 aliphatic rings. The number of aryl methyl sites for hydroxylation is 4. The van der Waals surface area contributed by atoms with Crippen LogP contribution < -0.4 is 9.80 Å². The fourth-order valence-corrected chi connectivity index (χ4v) is 14.9. The predicted octanol–water partition coefficient (Wildman–Crippen LogP) is 21.9. The van der Waals surface area contributed by atoms with Crippen molar-refractivity contribution in [1.29, 1.82) is 0 Å². The standard InChI is InChI=1S/C70H46N2O2S2/c1-39-29-40(2)32-49(31-39)71(47-17-21-57-65(37-47)75-63-27-13-43-9-5-7-11-51(43)69(57)63)45-15-19-55-61(35-45)73-59-25-23-54-53(67(55)59)24-26-60-68(54)56-20-16-46(36-62(56)74-60)72(50-33-41(3)30-42(4)34-50)48-18-22-58-66(38-48)76-64-28-14-44-10-6-8-12-52(44)70(58)64/h5-38H,1-4H3. The maximum absolute atomic E-state index is 6.86. The quantitative estimate of drug-likeness (QED) is 0.166. The summed E-state index contributed by atoms with van der Waals surface area (Å²) < 4.78 is 18.8. The Morgan fingerprint density at radius 3 is 1.08 bits per heavy atom. The normalized spacial score (nSPS) is 12.2. The van der Waals surface area contributed by atoms with Gasteiger partial charge < -0.3 is 18.6 Å². The Balaban J connectivity index is 0.820. The second kappa shape index (κ2) is 16.3. The molecule has 76 heavy (non-hydrogen) atoms. The number of nitrogens with zero attached hydrogens (tertiary/aromatic N) is 2. The number of anilines is 6. The van der Waals surface area contributed by atoms with Gasteiger partial charge in [0, 0.05) is 108 Å². The van der Waals surface area contributed by atoms with Crippen LogP contribution in [0.5, 0.6) is 0 Å². The molecule has 0 amide bonds. The first-order chi connectivity index (χ1) is 37.2. The summed E-state index contributed by atoms with van der Waals surface area (Å²) in [5.74, 6) is 0. The Hall–Kier alpha value is -8.94. The molecule has 0 aliphatic carbocycles. The lowest BCUT2D eigenvalue weighted by molar-refractivity contribution is 0.668. The Morgan fingerprint density at radius 1 is 0.263 bits per heavy atom. The maximum Gasteiger partial charge on any atom is 0.137 e. The molecule has 0 N–H and O–H groups in total. The molecule has 0 fully saturated rings. The Labute approximate surface area is 445 Å². The van der Waals surface area contributed by atoms with E-state index in [1.54, 1.807) is 0 Å². The SMILES string of the molecule is Cc1cc(C)cc(N(c2ccc3c(c2)oc2ccc4c(ccc5oc6cc(N(c7cc(C)cc(C)c7)c7ccc8c(c7)sc7ccc9ccccc9c78)ccc6c54)c23)c2ccc3c(c2)sc2ccc4ccccc4c23)c1. The monoisotopic (exact) mass is 1010 g/mol. The fourth-order valence-electron chi connectivity index (χ4n) is 12.6. The van der Waals surface area contributed by atoms with Gasteiger partial charge >= 0.3 is 0 Å². The molecule has 0 bridgehead atoms. The van der Waals surface area contributed by atoms with E-state index in [0.29, 0.717) is 0 Å². The van der Waals surface area contributed by atoms with Crippen molar-refractivity contribution in [2.24, 2.45) is 0 Å². The zero-order valence-electron chi connectivity index (χ0n) is 42.2. The zero-order valence-corrected chi connectivity index (χ0v) is 43.8. The van der Waals surface area contributed by atoms with Crippen molar-refractivity contribution >= 4 is 173 Å². The highest BCUT2D eigenvalue weighted by molar-refractivity contribution is 7.26. The molecule has 0 unspecified atom stereocenters. The highest BCUT2D eigenvalue weighted by atomic mass is 32.1. The molecule has 0 atom stereocenters. The number of rotatable bonds is 6. The van der Waals surface area contributed by atoms with Crippen LogP contribution in [0.3, 0.4) is 0 Å². The van der Waals surface area contributed by atoms with Gasteiger partial charge in [-0.15, -0.1) is 22.7 Å². The van der Waals surface area contributed by atoms with E-state index < -0.39 is 0 Å². The first-order valence-electron chi connectivity index (χ1n) is 25.9. The molecule has 360 valence electrons. The van der Waals surface area contributed by atoms with Crippen LogP contribution in [0, 0.1) is 27.7 Å². The zero-order chi connectivity index (χ0) is 50.5. The number of benzene rings is 12. The number of furan rings is 2. The third-order valence-electron chi connectivity index (χ3n) is 15.7. The number of hydrogen-bond acceptors (Lipinski definition) is 6. The molecule has 0 spiro atoms. The molecule has 16 rings (SSSR count). The molecule has 12 aromatic carbocycles. The lowest BCUT2D eigenvalue weighted by Crippen LogP contribution is -2.10. The van der Waals surface area contributed by atoms with Gasteiger partial charge in [-0.05, 0) is 191 Å². The van der Waals surface area contributed by atoms with Gasteiger partial charge in [0.25, 0.3) is 0 Å². The van der Waals surface area contributed by atoms with Crippen molar-refractivity contribution in [1.82, 2.24) is 0 Å². The first-order valence-corrected chi connectivity index (χ1v) is 27.6. The van der Waals surface area contributed by atoms with E-state index in [1.807, 2.05) is 22.7 Å². The molecular weight excluding hydrogens is 965 g/mol.